The van der Waals surface area contributed by atoms with E-state index in [1.807, 2.05) is 24.3 Å². The number of ether oxygens (including phenoxy) is 1. The molecule has 0 fully saturated rings. The predicted molar refractivity (Wildman–Crippen MR) is 117 cm³/mol. The zero-order valence-electron chi connectivity index (χ0n) is 17.2. The largest absolute Gasteiger partial charge is 0.471 e. The second-order valence-corrected chi connectivity index (χ2v) is 8.00. The van der Waals surface area contributed by atoms with Gasteiger partial charge in [0.25, 0.3) is 5.91 Å². The Bertz CT molecular complexity index is 995. The molecule has 30 heavy (non-hydrogen) atoms. The molecule has 0 atom stereocenters. The number of amides is 1. The van der Waals surface area contributed by atoms with Crippen molar-refractivity contribution in [2.45, 2.75) is 46.4 Å². The van der Waals surface area contributed by atoms with Crippen molar-refractivity contribution in [1.29, 1.82) is 0 Å². The molecule has 1 amide bonds. The van der Waals surface area contributed by atoms with Gasteiger partial charge in [-0.15, -0.1) is 0 Å². The molecule has 0 unspecified atom stereocenters. The molecule has 160 valence electrons. The standard InChI is InChI=1S/C21H25Cl2N5O2/c1-14(2)16-5-7-17(8-6-16)30-13-27-12-9-18(26-27)21(29)24-10-4-11-28-20(23)19(22)15(3)25-28/h5-9,12,14H,4,10-11,13H2,1-3H3,(H,24,29). The molecule has 3 aromatic rings. The molecule has 0 bridgehead atoms. The van der Waals surface area contributed by atoms with Gasteiger partial charge in [0, 0.05) is 19.3 Å². The number of aromatic nitrogens is 4. The van der Waals surface area contributed by atoms with E-state index in [9.17, 15) is 4.79 Å². The molecule has 1 aromatic carbocycles. The second-order valence-electron chi connectivity index (χ2n) is 7.26. The first-order valence-electron chi connectivity index (χ1n) is 9.78. The van der Waals surface area contributed by atoms with E-state index in [1.54, 1.807) is 28.6 Å². The van der Waals surface area contributed by atoms with Crippen LogP contribution in [0.25, 0.3) is 0 Å². The van der Waals surface area contributed by atoms with Gasteiger partial charge in [0.05, 0.1) is 5.69 Å². The first kappa shape index (κ1) is 22.2. The molecular weight excluding hydrogens is 425 g/mol. The van der Waals surface area contributed by atoms with Gasteiger partial charge < -0.3 is 10.1 Å². The van der Waals surface area contributed by atoms with Crippen molar-refractivity contribution < 1.29 is 9.53 Å². The van der Waals surface area contributed by atoms with Gasteiger partial charge in [-0.25, -0.2) is 4.68 Å². The fraction of sp³-hybridized carbons (Fsp3) is 0.381. The minimum absolute atomic E-state index is 0.228. The highest BCUT2D eigenvalue weighted by Crippen LogP contribution is 2.24. The number of carbonyl (C=O) groups is 1. The van der Waals surface area contributed by atoms with Crippen LogP contribution < -0.4 is 10.1 Å². The fourth-order valence-electron chi connectivity index (χ4n) is 2.85. The Labute approximate surface area is 185 Å². The van der Waals surface area contributed by atoms with Crippen LogP contribution >= 0.6 is 23.2 Å². The van der Waals surface area contributed by atoms with Crippen molar-refractivity contribution in [1.82, 2.24) is 24.9 Å². The molecular formula is C21H25Cl2N5O2. The van der Waals surface area contributed by atoms with Crippen LogP contribution in [-0.4, -0.2) is 32.0 Å². The summed E-state index contributed by atoms with van der Waals surface area (Å²) in [5, 5.41) is 12.2. The zero-order chi connectivity index (χ0) is 21.7. The van der Waals surface area contributed by atoms with E-state index in [0.717, 1.165) is 5.75 Å². The van der Waals surface area contributed by atoms with Crippen LogP contribution in [0.1, 0.15) is 47.9 Å². The minimum atomic E-state index is -0.240. The molecule has 2 heterocycles. The van der Waals surface area contributed by atoms with Crippen LogP contribution in [0.4, 0.5) is 0 Å². The van der Waals surface area contributed by atoms with E-state index in [4.69, 9.17) is 27.9 Å². The van der Waals surface area contributed by atoms with Crippen LogP contribution in [0.15, 0.2) is 36.5 Å². The van der Waals surface area contributed by atoms with Crippen molar-refractivity contribution >= 4 is 29.1 Å². The summed E-state index contributed by atoms with van der Waals surface area (Å²) in [6, 6.07) is 9.63. The van der Waals surface area contributed by atoms with E-state index in [1.165, 1.54) is 5.56 Å². The van der Waals surface area contributed by atoms with Crippen molar-refractivity contribution in [2.24, 2.45) is 0 Å². The first-order chi connectivity index (χ1) is 14.3. The predicted octanol–water partition coefficient (Wildman–Crippen LogP) is 4.67. The van der Waals surface area contributed by atoms with E-state index in [2.05, 4.69) is 29.4 Å². The Hall–Kier alpha value is -2.51. The highest BCUT2D eigenvalue weighted by molar-refractivity contribution is 6.41. The van der Waals surface area contributed by atoms with Gasteiger partial charge in [-0.05, 0) is 43.0 Å². The highest BCUT2D eigenvalue weighted by atomic mass is 35.5. The van der Waals surface area contributed by atoms with Crippen LogP contribution in [0.2, 0.25) is 10.2 Å². The number of aryl methyl sites for hydroxylation is 2. The third kappa shape index (κ3) is 5.55. The SMILES string of the molecule is Cc1nn(CCCNC(=O)c2ccn(COc3ccc(C(C)C)cc3)n2)c(Cl)c1Cl. The molecule has 0 saturated heterocycles. The molecule has 0 spiro atoms. The summed E-state index contributed by atoms with van der Waals surface area (Å²) in [4.78, 5) is 12.3. The average molecular weight is 450 g/mol. The number of hydrogen-bond acceptors (Lipinski definition) is 4. The van der Waals surface area contributed by atoms with Crippen LogP contribution in [0.5, 0.6) is 5.75 Å². The Morgan fingerprint density at radius 2 is 1.90 bits per heavy atom. The lowest BCUT2D eigenvalue weighted by Gasteiger charge is -2.09. The smallest absolute Gasteiger partial charge is 0.271 e. The quantitative estimate of drug-likeness (QED) is 0.481. The van der Waals surface area contributed by atoms with Gasteiger partial charge in [0.2, 0.25) is 0 Å². The van der Waals surface area contributed by atoms with Crippen LogP contribution in [-0.2, 0) is 13.3 Å². The number of hydrogen-bond donors (Lipinski definition) is 1. The fourth-order valence-corrected chi connectivity index (χ4v) is 3.24. The van der Waals surface area contributed by atoms with Gasteiger partial charge in [0.15, 0.2) is 6.73 Å². The molecule has 3 rings (SSSR count). The minimum Gasteiger partial charge on any atom is -0.471 e. The summed E-state index contributed by atoms with van der Waals surface area (Å²) in [5.74, 6) is 0.994. The van der Waals surface area contributed by atoms with Crippen LogP contribution in [0, 0.1) is 6.92 Å². The lowest BCUT2D eigenvalue weighted by Crippen LogP contribution is -2.26. The monoisotopic (exact) mass is 449 g/mol. The van der Waals surface area contributed by atoms with Crippen molar-refractivity contribution in [3.63, 3.8) is 0 Å². The van der Waals surface area contributed by atoms with E-state index >= 15 is 0 Å². The highest BCUT2D eigenvalue weighted by Gasteiger charge is 2.12. The molecule has 0 saturated carbocycles. The normalized spacial score (nSPS) is 11.1. The topological polar surface area (TPSA) is 74.0 Å². The number of carbonyl (C=O) groups excluding carboxylic acids is 1. The van der Waals surface area contributed by atoms with Gasteiger partial charge in [-0.3, -0.25) is 9.48 Å². The summed E-state index contributed by atoms with van der Waals surface area (Å²) in [6.07, 6.45) is 2.38. The van der Waals surface area contributed by atoms with E-state index in [0.29, 0.717) is 47.0 Å². The number of rotatable bonds is 9. The van der Waals surface area contributed by atoms with E-state index in [-0.39, 0.29) is 12.6 Å². The maximum atomic E-state index is 12.3. The van der Waals surface area contributed by atoms with Crippen molar-refractivity contribution in [3.8, 4) is 5.75 Å². The molecule has 2 aromatic heterocycles. The number of nitrogens with one attached hydrogen (secondary N) is 1. The van der Waals surface area contributed by atoms with Crippen LogP contribution in [0.3, 0.4) is 0 Å². The summed E-state index contributed by atoms with van der Waals surface area (Å²) < 4.78 is 8.94. The summed E-state index contributed by atoms with van der Waals surface area (Å²) in [6.45, 7) is 7.35. The van der Waals surface area contributed by atoms with E-state index < -0.39 is 0 Å². The molecule has 9 heteroatoms. The number of halogens is 2. The lowest BCUT2D eigenvalue weighted by molar-refractivity contribution is 0.0945. The Kier molecular flexibility index (Phi) is 7.39. The maximum absolute atomic E-state index is 12.3. The summed E-state index contributed by atoms with van der Waals surface area (Å²) in [5.41, 5.74) is 2.28. The second kappa shape index (κ2) is 10.00. The maximum Gasteiger partial charge on any atom is 0.271 e. The Morgan fingerprint density at radius 3 is 2.53 bits per heavy atom. The first-order valence-corrected chi connectivity index (χ1v) is 10.5. The van der Waals surface area contributed by atoms with Crippen molar-refractivity contribution in [2.75, 3.05) is 6.54 Å². The average Bonchev–Trinajstić information content (AvgIpc) is 3.30. The molecule has 0 aliphatic rings. The molecule has 1 N–H and O–H groups in total. The molecule has 0 radical (unpaired) electrons. The van der Waals surface area contributed by atoms with Gasteiger partial charge >= 0.3 is 0 Å². The Morgan fingerprint density at radius 1 is 1.17 bits per heavy atom. The third-order valence-corrected chi connectivity index (χ3v) is 5.55. The molecule has 0 aliphatic heterocycles. The summed E-state index contributed by atoms with van der Waals surface area (Å²) >= 11 is 12.1. The molecule has 0 aliphatic carbocycles. The number of nitrogens with zero attached hydrogens (tertiary/aromatic N) is 4. The van der Waals surface area contributed by atoms with Gasteiger partial charge in [0.1, 0.15) is 21.6 Å². The molecule has 7 nitrogen and oxygen atoms in total. The van der Waals surface area contributed by atoms with Crippen molar-refractivity contribution in [3.05, 3.63) is 63.7 Å². The van der Waals surface area contributed by atoms with Gasteiger partial charge in [-0.1, -0.05) is 49.2 Å². The van der Waals surface area contributed by atoms with Gasteiger partial charge in [-0.2, -0.15) is 10.2 Å². The Balaban J connectivity index is 1.43. The third-order valence-electron chi connectivity index (χ3n) is 4.61. The number of benzene rings is 1. The zero-order valence-corrected chi connectivity index (χ0v) is 18.7. The summed E-state index contributed by atoms with van der Waals surface area (Å²) in [7, 11) is 0. The lowest BCUT2D eigenvalue weighted by atomic mass is 10.0.